The molecule has 3 rings (SSSR count). The number of fused-ring (bicyclic) bond motifs is 1. The number of thiophene rings is 1. The largest absolute Gasteiger partial charge is 0.373 e. The van der Waals surface area contributed by atoms with E-state index in [9.17, 15) is 0 Å². The highest BCUT2D eigenvalue weighted by Crippen LogP contribution is 2.29. The Morgan fingerprint density at radius 1 is 1.47 bits per heavy atom. The maximum absolute atomic E-state index is 5.79. The van der Waals surface area contributed by atoms with Crippen molar-refractivity contribution >= 4 is 33.3 Å². The van der Waals surface area contributed by atoms with Gasteiger partial charge in [-0.05, 0) is 31.2 Å². The minimum atomic E-state index is -0.0763. The maximum Gasteiger partial charge on any atom is 0.225 e. The van der Waals surface area contributed by atoms with Gasteiger partial charge in [-0.3, -0.25) is 0 Å². The highest BCUT2D eigenvalue weighted by atomic mass is 32.1. The summed E-state index contributed by atoms with van der Waals surface area (Å²) in [6, 6.07) is 2.06. The molecule has 5 nitrogen and oxygen atoms in total. The molecule has 2 aromatic rings. The molecular formula is C13H18N4OS. The Hall–Kier alpha value is -1.40. The van der Waals surface area contributed by atoms with Crippen LogP contribution in [0.5, 0.6) is 0 Å². The highest BCUT2D eigenvalue weighted by Gasteiger charge is 2.29. The second kappa shape index (κ2) is 4.94. The van der Waals surface area contributed by atoms with Crippen LogP contribution in [0, 0.1) is 0 Å². The molecule has 0 bridgehead atoms. The first-order valence-corrected chi connectivity index (χ1v) is 7.39. The summed E-state index contributed by atoms with van der Waals surface area (Å²) in [5, 5.41) is 9.54. The van der Waals surface area contributed by atoms with Crippen LogP contribution < -0.4 is 10.6 Å². The van der Waals surface area contributed by atoms with E-state index in [2.05, 4.69) is 33.6 Å². The minimum Gasteiger partial charge on any atom is -0.373 e. The lowest BCUT2D eigenvalue weighted by Crippen LogP contribution is -2.32. The van der Waals surface area contributed by atoms with Gasteiger partial charge in [-0.15, -0.1) is 11.3 Å². The third-order valence-electron chi connectivity index (χ3n) is 3.48. The van der Waals surface area contributed by atoms with E-state index in [-0.39, 0.29) is 5.60 Å². The fraction of sp³-hybridized carbons (Fsp3) is 0.538. The van der Waals surface area contributed by atoms with E-state index in [4.69, 9.17) is 4.74 Å². The van der Waals surface area contributed by atoms with Gasteiger partial charge < -0.3 is 15.4 Å². The van der Waals surface area contributed by atoms with Crippen molar-refractivity contribution < 1.29 is 4.74 Å². The third kappa shape index (κ3) is 2.50. The molecule has 1 aliphatic rings. The summed E-state index contributed by atoms with van der Waals surface area (Å²) in [4.78, 5) is 9.94. The van der Waals surface area contributed by atoms with Crippen LogP contribution in [0.2, 0.25) is 0 Å². The molecule has 2 aromatic heterocycles. The van der Waals surface area contributed by atoms with Gasteiger partial charge in [-0.25, -0.2) is 4.98 Å². The molecule has 1 saturated heterocycles. The Labute approximate surface area is 116 Å². The number of hydrogen-bond acceptors (Lipinski definition) is 6. The van der Waals surface area contributed by atoms with Crippen molar-refractivity contribution in [1.29, 1.82) is 0 Å². The molecule has 0 aliphatic carbocycles. The van der Waals surface area contributed by atoms with E-state index in [1.54, 1.807) is 11.3 Å². The third-order valence-corrected chi connectivity index (χ3v) is 4.29. The van der Waals surface area contributed by atoms with Gasteiger partial charge in [0.1, 0.15) is 10.6 Å². The number of rotatable bonds is 4. The number of aromatic nitrogens is 2. The smallest absolute Gasteiger partial charge is 0.225 e. The Bertz CT molecular complexity index is 577. The lowest BCUT2D eigenvalue weighted by atomic mass is 10.0. The predicted molar refractivity (Wildman–Crippen MR) is 79.0 cm³/mol. The molecule has 3 heterocycles. The van der Waals surface area contributed by atoms with E-state index in [1.807, 2.05) is 12.4 Å². The van der Waals surface area contributed by atoms with Crippen molar-refractivity contribution in [2.75, 3.05) is 30.8 Å². The fourth-order valence-corrected chi connectivity index (χ4v) is 3.11. The molecule has 0 saturated carbocycles. The van der Waals surface area contributed by atoms with Crippen LogP contribution in [0.4, 0.5) is 11.8 Å². The van der Waals surface area contributed by atoms with Gasteiger partial charge >= 0.3 is 0 Å². The van der Waals surface area contributed by atoms with Crippen molar-refractivity contribution in [3.63, 3.8) is 0 Å². The van der Waals surface area contributed by atoms with E-state index >= 15 is 0 Å². The molecule has 0 aromatic carbocycles. The van der Waals surface area contributed by atoms with Gasteiger partial charge in [0, 0.05) is 20.2 Å². The average Bonchev–Trinajstić information content (AvgIpc) is 3.04. The zero-order chi connectivity index (χ0) is 13.3. The Morgan fingerprint density at radius 3 is 3.11 bits per heavy atom. The van der Waals surface area contributed by atoms with E-state index in [1.165, 1.54) is 0 Å². The Kier molecular flexibility index (Phi) is 3.28. The minimum absolute atomic E-state index is 0.0763. The van der Waals surface area contributed by atoms with Gasteiger partial charge in [-0.1, -0.05) is 0 Å². The summed E-state index contributed by atoms with van der Waals surface area (Å²) >= 11 is 1.63. The lowest BCUT2D eigenvalue weighted by Gasteiger charge is -2.23. The zero-order valence-electron chi connectivity index (χ0n) is 11.2. The van der Waals surface area contributed by atoms with Gasteiger partial charge in [0.15, 0.2) is 0 Å². The van der Waals surface area contributed by atoms with E-state index in [0.717, 1.165) is 42.0 Å². The summed E-state index contributed by atoms with van der Waals surface area (Å²) in [7, 11) is 1.83. The van der Waals surface area contributed by atoms with Gasteiger partial charge in [-0.2, -0.15) is 4.98 Å². The first kappa shape index (κ1) is 12.6. The normalized spacial score (nSPS) is 22.8. The van der Waals surface area contributed by atoms with Crippen molar-refractivity contribution in [3.8, 4) is 0 Å². The molecule has 0 radical (unpaired) electrons. The highest BCUT2D eigenvalue weighted by molar-refractivity contribution is 7.16. The second-order valence-electron chi connectivity index (χ2n) is 5.04. The number of ether oxygens (including phenoxy) is 1. The van der Waals surface area contributed by atoms with Crippen LogP contribution in [-0.4, -0.2) is 35.8 Å². The fourth-order valence-electron chi connectivity index (χ4n) is 2.35. The standard InChI is InChI=1S/C13H18N4OS/c1-13(5-3-6-18-13)8-15-10-9-4-7-19-11(9)17-12(14-2)16-10/h4,7H,3,5-6,8H2,1-2H3,(H2,14,15,16,17). The first-order chi connectivity index (χ1) is 9.20. The Balaban J connectivity index is 1.85. The van der Waals surface area contributed by atoms with Crippen molar-refractivity contribution in [2.45, 2.75) is 25.4 Å². The van der Waals surface area contributed by atoms with E-state index in [0.29, 0.717) is 5.95 Å². The first-order valence-electron chi connectivity index (χ1n) is 6.51. The van der Waals surface area contributed by atoms with Gasteiger partial charge in [0.05, 0.1) is 11.0 Å². The van der Waals surface area contributed by atoms with Crippen LogP contribution >= 0.6 is 11.3 Å². The van der Waals surface area contributed by atoms with Crippen LogP contribution in [0.15, 0.2) is 11.4 Å². The molecular weight excluding hydrogens is 260 g/mol. The zero-order valence-corrected chi connectivity index (χ0v) is 12.0. The Morgan fingerprint density at radius 2 is 2.37 bits per heavy atom. The summed E-state index contributed by atoms with van der Waals surface area (Å²) in [6.07, 6.45) is 2.23. The SMILES string of the molecule is CNc1nc(NCC2(C)CCCO2)c2ccsc2n1. The van der Waals surface area contributed by atoms with Crippen molar-refractivity contribution in [3.05, 3.63) is 11.4 Å². The number of nitrogens with zero attached hydrogens (tertiary/aromatic N) is 2. The number of hydrogen-bond donors (Lipinski definition) is 2. The monoisotopic (exact) mass is 278 g/mol. The molecule has 19 heavy (non-hydrogen) atoms. The van der Waals surface area contributed by atoms with Crippen LogP contribution in [-0.2, 0) is 4.74 Å². The summed E-state index contributed by atoms with van der Waals surface area (Å²) in [5.41, 5.74) is -0.0763. The average molecular weight is 278 g/mol. The summed E-state index contributed by atoms with van der Waals surface area (Å²) in [5.74, 6) is 1.53. The van der Waals surface area contributed by atoms with Crippen LogP contribution in [0.25, 0.3) is 10.2 Å². The quantitative estimate of drug-likeness (QED) is 0.900. The molecule has 1 aliphatic heterocycles. The lowest BCUT2D eigenvalue weighted by molar-refractivity contribution is 0.0315. The molecule has 0 amide bonds. The number of anilines is 2. The second-order valence-corrected chi connectivity index (χ2v) is 5.94. The van der Waals surface area contributed by atoms with Crippen molar-refractivity contribution in [1.82, 2.24) is 9.97 Å². The predicted octanol–water partition coefficient (Wildman–Crippen LogP) is 2.71. The molecule has 102 valence electrons. The molecule has 1 unspecified atom stereocenters. The van der Waals surface area contributed by atoms with Crippen LogP contribution in [0.1, 0.15) is 19.8 Å². The van der Waals surface area contributed by atoms with E-state index < -0.39 is 0 Å². The van der Waals surface area contributed by atoms with Gasteiger partial charge in [0.2, 0.25) is 5.95 Å². The number of nitrogens with one attached hydrogen (secondary N) is 2. The van der Waals surface area contributed by atoms with Crippen LogP contribution in [0.3, 0.4) is 0 Å². The molecule has 6 heteroatoms. The summed E-state index contributed by atoms with van der Waals surface area (Å²) < 4.78 is 5.79. The maximum atomic E-state index is 5.79. The molecule has 0 spiro atoms. The summed E-state index contributed by atoms with van der Waals surface area (Å²) in [6.45, 7) is 3.79. The van der Waals surface area contributed by atoms with Gasteiger partial charge in [0.25, 0.3) is 0 Å². The topological polar surface area (TPSA) is 59.1 Å². The molecule has 2 N–H and O–H groups in total. The van der Waals surface area contributed by atoms with Crippen molar-refractivity contribution in [2.24, 2.45) is 0 Å². The molecule has 1 fully saturated rings. The molecule has 1 atom stereocenters.